The highest BCUT2D eigenvalue weighted by Crippen LogP contribution is 2.25. The molecule has 1 heterocycles. The van der Waals surface area contributed by atoms with Crippen molar-refractivity contribution < 1.29 is 13.9 Å². The number of benzene rings is 2. The van der Waals surface area contributed by atoms with E-state index >= 15 is 0 Å². The summed E-state index contributed by atoms with van der Waals surface area (Å²) in [5, 5.41) is 10.2. The van der Waals surface area contributed by atoms with Crippen LogP contribution >= 0.6 is 0 Å². The van der Waals surface area contributed by atoms with E-state index in [-0.39, 0.29) is 11.3 Å². The van der Waals surface area contributed by atoms with Gasteiger partial charge in [-0.1, -0.05) is 31.2 Å². The number of nitrogens with one attached hydrogen (secondary N) is 1. The Labute approximate surface area is 150 Å². The normalized spacial score (nSPS) is 11.4. The lowest BCUT2D eigenvalue weighted by molar-refractivity contribution is 0.104. The molecule has 0 radical (unpaired) electrons. The largest absolute Gasteiger partial charge is 0.494 e. The van der Waals surface area contributed by atoms with E-state index < -0.39 is 11.6 Å². The molecule has 2 aromatic carbocycles. The Morgan fingerprint density at radius 2 is 2.15 bits per heavy atom. The number of aromatic amines is 1. The first-order valence-corrected chi connectivity index (χ1v) is 8.18. The second kappa shape index (κ2) is 7.24. The molecule has 0 fully saturated rings. The Kier molecular flexibility index (Phi) is 4.85. The van der Waals surface area contributed by atoms with Crippen LogP contribution in [0.3, 0.4) is 0 Å². The van der Waals surface area contributed by atoms with Crippen molar-refractivity contribution in [1.29, 1.82) is 5.26 Å². The van der Waals surface area contributed by atoms with Gasteiger partial charge in [-0.3, -0.25) is 4.79 Å². The van der Waals surface area contributed by atoms with E-state index in [9.17, 15) is 14.4 Å². The van der Waals surface area contributed by atoms with E-state index in [1.807, 2.05) is 31.2 Å². The summed E-state index contributed by atoms with van der Waals surface area (Å²) in [6, 6.07) is 11.9. The molecule has 5 heteroatoms. The third-order valence-corrected chi connectivity index (χ3v) is 4.28. The molecule has 1 N–H and O–H groups in total. The van der Waals surface area contributed by atoms with Crippen LogP contribution in [0.4, 0.5) is 4.39 Å². The zero-order valence-corrected chi connectivity index (χ0v) is 14.5. The number of Topliss-reactive ketones (excluding diaryl/α,β-unsaturated/α-hetero) is 1. The zero-order chi connectivity index (χ0) is 18.7. The Bertz CT molecular complexity index is 1060. The van der Waals surface area contributed by atoms with Crippen LogP contribution in [0.5, 0.6) is 5.75 Å². The number of allylic oxidation sites excluding steroid dienone is 1. The van der Waals surface area contributed by atoms with Gasteiger partial charge in [-0.15, -0.1) is 0 Å². The van der Waals surface area contributed by atoms with E-state index in [1.165, 1.54) is 25.3 Å². The van der Waals surface area contributed by atoms with Crippen molar-refractivity contribution in [2.75, 3.05) is 7.11 Å². The van der Waals surface area contributed by atoms with Crippen LogP contribution in [0.1, 0.15) is 28.4 Å². The second-order valence-corrected chi connectivity index (χ2v) is 5.79. The van der Waals surface area contributed by atoms with Crippen LogP contribution in [0.15, 0.2) is 48.2 Å². The lowest BCUT2D eigenvalue weighted by Gasteiger charge is -2.03. The van der Waals surface area contributed by atoms with Gasteiger partial charge in [0, 0.05) is 22.7 Å². The molecule has 1 aromatic heterocycles. The van der Waals surface area contributed by atoms with Gasteiger partial charge in [0.2, 0.25) is 5.78 Å². The van der Waals surface area contributed by atoms with Crippen molar-refractivity contribution in [2.45, 2.75) is 13.3 Å². The number of carbonyl (C=O) groups excluding carboxylic acids is 1. The number of ether oxygens (including phenoxy) is 1. The highest BCUT2D eigenvalue weighted by Gasteiger charge is 2.18. The van der Waals surface area contributed by atoms with Gasteiger partial charge >= 0.3 is 0 Å². The van der Waals surface area contributed by atoms with Gasteiger partial charge in [-0.25, -0.2) is 4.39 Å². The van der Waals surface area contributed by atoms with Crippen molar-refractivity contribution >= 4 is 22.8 Å². The van der Waals surface area contributed by atoms with Crippen molar-refractivity contribution in [3.63, 3.8) is 0 Å². The number of carbonyl (C=O) groups is 1. The molecule has 130 valence electrons. The molecule has 3 rings (SSSR count). The Hall–Kier alpha value is -3.39. The van der Waals surface area contributed by atoms with E-state index in [2.05, 4.69) is 4.98 Å². The Morgan fingerprint density at radius 3 is 2.81 bits per heavy atom. The average molecular weight is 348 g/mol. The molecule has 0 unspecified atom stereocenters. The summed E-state index contributed by atoms with van der Waals surface area (Å²) >= 11 is 0. The van der Waals surface area contributed by atoms with Gasteiger partial charge in [0.1, 0.15) is 11.6 Å². The number of halogens is 1. The summed E-state index contributed by atoms with van der Waals surface area (Å²) in [4.78, 5) is 16.0. The van der Waals surface area contributed by atoms with Gasteiger partial charge in [-0.05, 0) is 35.8 Å². The number of aryl methyl sites for hydroxylation is 1. The molecule has 0 aliphatic rings. The number of nitriles is 1. The van der Waals surface area contributed by atoms with Gasteiger partial charge in [0.25, 0.3) is 0 Å². The van der Waals surface area contributed by atoms with Crippen LogP contribution in [-0.4, -0.2) is 17.9 Å². The minimum Gasteiger partial charge on any atom is -0.494 e. The molecule has 0 spiro atoms. The van der Waals surface area contributed by atoms with Gasteiger partial charge in [-0.2, -0.15) is 5.26 Å². The molecular weight excluding hydrogens is 331 g/mol. The third-order valence-electron chi connectivity index (χ3n) is 4.28. The Balaban J connectivity index is 2.03. The molecule has 0 aliphatic carbocycles. The van der Waals surface area contributed by atoms with Gasteiger partial charge < -0.3 is 9.72 Å². The van der Waals surface area contributed by atoms with Crippen LogP contribution in [0.25, 0.3) is 17.0 Å². The third kappa shape index (κ3) is 3.09. The maximum Gasteiger partial charge on any atom is 0.205 e. The predicted molar refractivity (Wildman–Crippen MR) is 98.5 cm³/mol. The summed E-state index contributed by atoms with van der Waals surface area (Å²) in [6.07, 6.45) is 3.83. The smallest absolute Gasteiger partial charge is 0.205 e. The lowest BCUT2D eigenvalue weighted by atomic mass is 10.00. The first kappa shape index (κ1) is 17.4. The molecule has 0 bridgehead atoms. The molecule has 0 aliphatic heterocycles. The summed E-state index contributed by atoms with van der Waals surface area (Å²) in [7, 11) is 1.37. The van der Waals surface area contributed by atoms with Gasteiger partial charge in [0.05, 0.1) is 7.11 Å². The number of hydrogen-bond donors (Lipinski definition) is 1. The molecule has 0 saturated heterocycles. The highest BCUT2D eigenvalue weighted by atomic mass is 19.1. The van der Waals surface area contributed by atoms with E-state index in [0.717, 1.165) is 22.9 Å². The number of nitrogens with zero attached hydrogens (tertiary/aromatic N) is 1. The minimum atomic E-state index is -0.550. The molecule has 4 nitrogen and oxygen atoms in total. The lowest BCUT2D eigenvalue weighted by Crippen LogP contribution is -2.01. The predicted octanol–water partition coefficient (Wildman–Crippen LogP) is 4.67. The van der Waals surface area contributed by atoms with Crippen LogP contribution in [0, 0.1) is 17.1 Å². The number of H-pyrrole nitrogens is 1. The topological polar surface area (TPSA) is 65.9 Å². The fourth-order valence-corrected chi connectivity index (χ4v) is 2.93. The fraction of sp³-hybridized carbons (Fsp3) is 0.143. The number of para-hydroxylation sites is 1. The number of fused-ring (bicyclic) bond motifs is 1. The average Bonchev–Trinajstić information content (AvgIpc) is 3.09. The summed E-state index contributed by atoms with van der Waals surface area (Å²) in [6.45, 7) is 2.04. The monoisotopic (exact) mass is 348 g/mol. The van der Waals surface area contributed by atoms with Crippen molar-refractivity contribution in [3.05, 3.63) is 70.7 Å². The minimum absolute atomic E-state index is 0.0580. The number of aromatic nitrogens is 1. The SMILES string of the molecule is CCc1cccc2c(C(=O)/C(C#N)=C/c3ccc(OC)c(F)c3)c[nH]c12. The number of ketones is 1. The fourth-order valence-electron chi connectivity index (χ4n) is 2.93. The molecule has 0 saturated carbocycles. The van der Waals surface area contributed by atoms with Crippen LogP contribution in [0.2, 0.25) is 0 Å². The van der Waals surface area contributed by atoms with E-state index in [0.29, 0.717) is 11.1 Å². The maximum atomic E-state index is 13.8. The molecule has 26 heavy (non-hydrogen) atoms. The number of methoxy groups -OCH3 is 1. The van der Waals surface area contributed by atoms with E-state index in [4.69, 9.17) is 4.74 Å². The van der Waals surface area contributed by atoms with Crippen LogP contribution < -0.4 is 4.74 Å². The standard InChI is InChI=1S/C21H17FN2O2/c1-3-14-5-4-6-16-17(12-24-20(14)16)21(25)15(11-23)9-13-7-8-19(26-2)18(22)10-13/h4-10,12,24H,3H2,1-2H3/b15-9+. The number of hydrogen-bond acceptors (Lipinski definition) is 3. The van der Waals surface area contributed by atoms with E-state index in [1.54, 1.807) is 12.3 Å². The maximum absolute atomic E-state index is 13.8. The first-order chi connectivity index (χ1) is 12.6. The highest BCUT2D eigenvalue weighted by molar-refractivity contribution is 6.20. The van der Waals surface area contributed by atoms with Gasteiger partial charge in [0.15, 0.2) is 11.6 Å². The number of rotatable bonds is 5. The Morgan fingerprint density at radius 1 is 1.35 bits per heavy atom. The molecule has 3 aromatic rings. The second-order valence-electron chi connectivity index (χ2n) is 5.79. The molecular formula is C21H17FN2O2. The van der Waals surface area contributed by atoms with Crippen molar-refractivity contribution in [1.82, 2.24) is 4.98 Å². The summed E-state index contributed by atoms with van der Waals surface area (Å²) < 4.78 is 18.7. The van der Waals surface area contributed by atoms with Crippen molar-refractivity contribution in [2.24, 2.45) is 0 Å². The first-order valence-electron chi connectivity index (χ1n) is 8.18. The zero-order valence-electron chi connectivity index (χ0n) is 14.5. The molecule has 0 atom stereocenters. The quantitative estimate of drug-likeness (QED) is 0.414. The summed E-state index contributed by atoms with van der Waals surface area (Å²) in [5.74, 6) is -0.843. The van der Waals surface area contributed by atoms with Crippen molar-refractivity contribution in [3.8, 4) is 11.8 Å². The summed E-state index contributed by atoms with van der Waals surface area (Å²) in [5.41, 5.74) is 2.78. The molecule has 0 amide bonds. The van der Waals surface area contributed by atoms with Crippen LogP contribution in [-0.2, 0) is 6.42 Å².